The molecule has 0 spiro atoms. The first-order chi connectivity index (χ1) is 14.7. The number of amides is 1. The number of anilines is 1. The third-order valence-electron chi connectivity index (χ3n) is 4.06. The summed E-state index contributed by atoms with van der Waals surface area (Å²) in [4.78, 5) is 23.9. The highest BCUT2D eigenvalue weighted by Crippen LogP contribution is 2.23. The van der Waals surface area contributed by atoms with E-state index in [1.165, 1.54) is 18.2 Å². The zero-order chi connectivity index (χ0) is 22.4. The number of nitrogen functional groups attached to an aromatic ring is 1. The lowest BCUT2D eigenvalue weighted by Crippen LogP contribution is -2.24. The number of carbonyl (C=O) groups is 1. The molecule has 1 amide bonds. The summed E-state index contributed by atoms with van der Waals surface area (Å²) in [7, 11) is 0. The number of unbranched alkanes of at least 4 members (excludes halogenated alkanes) is 1. The molecule has 2 aromatic heterocycles. The maximum absolute atomic E-state index is 12.3. The van der Waals surface area contributed by atoms with E-state index in [4.69, 9.17) is 22.1 Å². The predicted octanol–water partition coefficient (Wildman–Crippen LogP) is 3.67. The third-order valence-corrected chi connectivity index (χ3v) is 4.23. The van der Waals surface area contributed by atoms with Crippen molar-refractivity contribution in [2.75, 3.05) is 12.3 Å². The molecule has 0 fully saturated rings. The molecule has 0 aliphatic rings. The number of nitrogens with zero attached hydrogens (tertiary/aromatic N) is 4. The summed E-state index contributed by atoms with van der Waals surface area (Å²) in [5, 5.41) is 2.50. The number of carbonyl (C=O) groups excluding carboxylic acids is 1. The first kappa shape index (κ1) is 22.4. The molecule has 0 saturated carbocycles. The topological polar surface area (TPSA) is 117 Å². The van der Waals surface area contributed by atoms with E-state index in [1.54, 1.807) is 17.0 Å². The van der Waals surface area contributed by atoms with Crippen LogP contribution in [0.1, 0.15) is 18.4 Å². The molecule has 0 atom stereocenters. The Morgan fingerprint density at radius 3 is 2.84 bits per heavy atom. The van der Waals surface area contributed by atoms with Crippen molar-refractivity contribution in [3.05, 3.63) is 41.4 Å². The minimum atomic E-state index is -4.78. The first-order valence-corrected chi connectivity index (χ1v) is 9.48. The molecular weight excluding hydrogens is 441 g/mol. The van der Waals surface area contributed by atoms with Gasteiger partial charge >= 0.3 is 12.5 Å². The second-order valence-electron chi connectivity index (χ2n) is 6.38. The minimum absolute atomic E-state index is 0.00317. The van der Waals surface area contributed by atoms with Crippen LogP contribution in [0.3, 0.4) is 0 Å². The normalized spacial score (nSPS) is 11.5. The lowest BCUT2D eigenvalue weighted by molar-refractivity contribution is -0.274. The molecule has 13 heteroatoms. The molecule has 2 heterocycles. The number of aryl methyl sites for hydroxylation is 1. The van der Waals surface area contributed by atoms with Crippen LogP contribution in [-0.2, 0) is 17.8 Å². The van der Waals surface area contributed by atoms with Crippen molar-refractivity contribution in [2.24, 2.45) is 0 Å². The van der Waals surface area contributed by atoms with Gasteiger partial charge in [-0.15, -0.1) is 13.2 Å². The largest absolute Gasteiger partial charge is 0.573 e. The number of benzene rings is 1. The van der Waals surface area contributed by atoms with E-state index < -0.39 is 12.5 Å². The van der Waals surface area contributed by atoms with Crippen molar-refractivity contribution in [3.63, 3.8) is 0 Å². The fraction of sp³-hybridized carbons (Fsp3) is 0.333. The Bertz CT molecular complexity index is 1060. The number of aromatic nitrogens is 4. The fourth-order valence-corrected chi connectivity index (χ4v) is 2.90. The van der Waals surface area contributed by atoms with Crippen LogP contribution < -0.4 is 15.8 Å². The second-order valence-corrected chi connectivity index (χ2v) is 6.72. The molecular formula is C18H18ClF3N6O3. The smallest absolute Gasteiger partial charge is 0.450 e. The quantitative estimate of drug-likeness (QED) is 0.390. The number of alkyl halides is 3. The SMILES string of the molecule is Nc1nc(Cl)nc2c1ncn2CCCCOC(=O)NCc1cccc(OC(F)(F)F)c1. The number of ether oxygens (including phenoxy) is 2. The summed E-state index contributed by atoms with van der Waals surface area (Å²) < 4.78 is 47.4. The first-order valence-electron chi connectivity index (χ1n) is 9.10. The minimum Gasteiger partial charge on any atom is -0.450 e. The molecule has 0 radical (unpaired) electrons. The maximum atomic E-state index is 12.3. The Hall–Kier alpha value is -3.28. The van der Waals surface area contributed by atoms with E-state index in [1.807, 2.05) is 0 Å². The van der Waals surface area contributed by atoms with E-state index >= 15 is 0 Å². The predicted molar refractivity (Wildman–Crippen MR) is 105 cm³/mol. The monoisotopic (exact) mass is 458 g/mol. The van der Waals surface area contributed by atoms with Gasteiger partial charge in [0.15, 0.2) is 11.5 Å². The van der Waals surface area contributed by atoms with Crippen molar-refractivity contribution in [3.8, 4) is 5.75 Å². The molecule has 0 bridgehead atoms. The van der Waals surface area contributed by atoms with Gasteiger partial charge in [0.25, 0.3) is 0 Å². The molecule has 0 unspecified atom stereocenters. The number of alkyl carbamates (subject to hydrolysis) is 1. The number of imidazole rings is 1. The van der Waals surface area contributed by atoms with Gasteiger partial charge in [0.05, 0.1) is 12.9 Å². The molecule has 166 valence electrons. The van der Waals surface area contributed by atoms with Crippen LogP contribution in [-0.4, -0.2) is 38.6 Å². The average molecular weight is 459 g/mol. The van der Waals surface area contributed by atoms with Crippen LogP contribution in [0.15, 0.2) is 30.6 Å². The van der Waals surface area contributed by atoms with Crippen LogP contribution in [0.2, 0.25) is 5.28 Å². The van der Waals surface area contributed by atoms with Crippen molar-refractivity contribution < 1.29 is 27.4 Å². The van der Waals surface area contributed by atoms with E-state index in [0.717, 1.165) is 0 Å². The van der Waals surface area contributed by atoms with Gasteiger partial charge in [-0.25, -0.2) is 9.78 Å². The van der Waals surface area contributed by atoms with E-state index in [2.05, 4.69) is 25.0 Å². The summed E-state index contributed by atoms with van der Waals surface area (Å²) in [5.41, 5.74) is 7.17. The summed E-state index contributed by atoms with van der Waals surface area (Å²) in [5.74, 6) is -0.162. The van der Waals surface area contributed by atoms with Crippen molar-refractivity contribution in [1.82, 2.24) is 24.8 Å². The lowest BCUT2D eigenvalue weighted by Gasteiger charge is -2.11. The van der Waals surface area contributed by atoms with Crippen LogP contribution in [0, 0.1) is 0 Å². The summed E-state index contributed by atoms with van der Waals surface area (Å²) in [6.45, 7) is 0.713. The van der Waals surface area contributed by atoms with Gasteiger partial charge in [0.2, 0.25) is 5.28 Å². The van der Waals surface area contributed by atoms with Crippen LogP contribution in [0.25, 0.3) is 11.2 Å². The van der Waals surface area contributed by atoms with Gasteiger partial charge in [0.1, 0.15) is 11.3 Å². The molecule has 0 saturated heterocycles. The zero-order valence-corrected chi connectivity index (χ0v) is 16.8. The lowest BCUT2D eigenvalue weighted by atomic mass is 10.2. The molecule has 3 aromatic rings. The summed E-state index contributed by atoms with van der Waals surface area (Å²) in [6.07, 6.45) is -2.65. The highest BCUT2D eigenvalue weighted by Gasteiger charge is 2.31. The van der Waals surface area contributed by atoms with Gasteiger partial charge in [-0.1, -0.05) is 12.1 Å². The number of hydrogen-bond acceptors (Lipinski definition) is 7. The maximum Gasteiger partial charge on any atom is 0.573 e. The zero-order valence-electron chi connectivity index (χ0n) is 16.0. The Labute approximate surface area is 179 Å². The number of rotatable bonds is 8. The van der Waals surface area contributed by atoms with E-state index in [0.29, 0.717) is 36.1 Å². The molecule has 3 N–H and O–H groups in total. The van der Waals surface area contributed by atoms with Gasteiger partial charge in [0, 0.05) is 13.1 Å². The van der Waals surface area contributed by atoms with E-state index in [-0.39, 0.29) is 30.0 Å². The van der Waals surface area contributed by atoms with Gasteiger partial charge < -0.3 is 25.1 Å². The number of nitrogens with two attached hydrogens (primary N) is 1. The molecule has 0 aliphatic carbocycles. The van der Waals surface area contributed by atoms with Gasteiger partial charge in [-0.3, -0.25) is 0 Å². The Kier molecular flexibility index (Phi) is 7.00. The van der Waals surface area contributed by atoms with Crippen LogP contribution in [0.4, 0.5) is 23.8 Å². The third kappa shape index (κ3) is 6.60. The molecule has 0 aliphatic heterocycles. The number of hydrogen-bond donors (Lipinski definition) is 2. The Balaban J connectivity index is 1.38. The van der Waals surface area contributed by atoms with Crippen molar-refractivity contribution in [1.29, 1.82) is 0 Å². The van der Waals surface area contributed by atoms with E-state index in [9.17, 15) is 18.0 Å². The average Bonchev–Trinajstić information content (AvgIpc) is 3.08. The summed E-state index contributed by atoms with van der Waals surface area (Å²) >= 11 is 5.82. The summed E-state index contributed by atoms with van der Waals surface area (Å²) in [6, 6.07) is 5.31. The van der Waals surface area contributed by atoms with Crippen LogP contribution in [0.5, 0.6) is 5.75 Å². The molecule has 31 heavy (non-hydrogen) atoms. The molecule has 3 rings (SSSR count). The second kappa shape index (κ2) is 9.69. The van der Waals surface area contributed by atoms with Crippen molar-refractivity contribution >= 4 is 34.7 Å². The Morgan fingerprint density at radius 2 is 2.06 bits per heavy atom. The number of fused-ring (bicyclic) bond motifs is 1. The standard InChI is InChI=1S/C18H18ClF3N6O3/c19-16-26-14(23)13-15(27-16)28(10-25-13)6-1-2-7-30-17(29)24-9-11-4-3-5-12(8-11)31-18(20,21)22/h3-5,8,10H,1-2,6-7,9H2,(H,24,29)(H2,23,26,27). The highest BCUT2D eigenvalue weighted by atomic mass is 35.5. The Morgan fingerprint density at radius 1 is 1.26 bits per heavy atom. The number of halogens is 4. The van der Waals surface area contributed by atoms with Gasteiger partial charge in [-0.2, -0.15) is 9.97 Å². The fourth-order valence-electron chi connectivity index (χ4n) is 2.73. The molecule has 9 nitrogen and oxygen atoms in total. The highest BCUT2D eigenvalue weighted by molar-refractivity contribution is 6.28. The van der Waals surface area contributed by atoms with Gasteiger partial charge in [-0.05, 0) is 42.1 Å². The van der Waals surface area contributed by atoms with Crippen LogP contribution >= 0.6 is 11.6 Å². The van der Waals surface area contributed by atoms with Crippen molar-refractivity contribution in [2.45, 2.75) is 32.3 Å². The molecule has 1 aromatic carbocycles. The number of nitrogens with one attached hydrogen (secondary N) is 1.